The predicted molar refractivity (Wildman–Crippen MR) is 97.7 cm³/mol. The van der Waals surface area contributed by atoms with E-state index in [0.717, 1.165) is 5.56 Å². The zero-order valence-corrected chi connectivity index (χ0v) is 15.9. The molecule has 1 unspecified atom stereocenters. The molecule has 0 bridgehead atoms. The van der Waals surface area contributed by atoms with Gasteiger partial charge in [0, 0.05) is 18.3 Å². The third kappa shape index (κ3) is 5.87. The highest BCUT2D eigenvalue weighted by Crippen LogP contribution is 2.31. The van der Waals surface area contributed by atoms with Crippen molar-refractivity contribution < 1.29 is 23.9 Å². The van der Waals surface area contributed by atoms with Crippen LogP contribution in [0.25, 0.3) is 0 Å². The Morgan fingerprint density at radius 2 is 1.65 bits per heavy atom. The first-order valence-electron chi connectivity index (χ1n) is 8.07. The summed E-state index contributed by atoms with van der Waals surface area (Å²) in [4.78, 5) is 46.8. The van der Waals surface area contributed by atoms with Crippen molar-refractivity contribution in [1.82, 2.24) is 5.32 Å². The molecule has 0 aliphatic carbocycles. The van der Waals surface area contributed by atoms with E-state index in [9.17, 15) is 19.2 Å². The maximum atomic E-state index is 12.2. The van der Waals surface area contributed by atoms with Crippen LogP contribution in [0.2, 0.25) is 0 Å². The Balaban J connectivity index is 3.04. The van der Waals surface area contributed by atoms with Crippen molar-refractivity contribution in [2.75, 3.05) is 17.7 Å². The number of benzene rings is 1. The van der Waals surface area contributed by atoms with Crippen molar-refractivity contribution in [3.8, 4) is 0 Å². The zero-order chi connectivity index (χ0) is 20.1. The summed E-state index contributed by atoms with van der Waals surface area (Å²) in [7, 11) is 1.19. The SMILES string of the molecule is COC(=O)C(C)NC(=O)C(=O)Nc1cc(NC(C)=O)ccc1C(C)(C)C. The maximum absolute atomic E-state index is 12.2. The number of nitrogens with one attached hydrogen (secondary N) is 3. The number of rotatable bonds is 4. The second kappa shape index (κ2) is 8.46. The number of amides is 3. The lowest BCUT2D eigenvalue weighted by atomic mass is 9.85. The van der Waals surface area contributed by atoms with Gasteiger partial charge in [-0.3, -0.25) is 14.4 Å². The van der Waals surface area contributed by atoms with Crippen molar-refractivity contribution in [1.29, 1.82) is 0 Å². The van der Waals surface area contributed by atoms with Crippen molar-refractivity contribution in [2.24, 2.45) is 0 Å². The fourth-order valence-corrected chi connectivity index (χ4v) is 2.26. The van der Waals surface area contributed by atoms with Crippen LogP contribution < -0.4 is 16.0 Å². The zero-order valence-electron chi connectivity index (χ0n) is 15.9. The van der Waals surface area contributed by atoms with Crippen LogP contribution in [-0.4, -0.2) is 36.8 Å². The van der Waals surface area contributed by atoms with Crippen LogP contribution in [0.15, 0.2) is 18.2 Å². The van der Waals surface area contributed by atoms with E-state index in [0.29, 0.717) is 11.4 Å². The van der Waals surface area contributed by atoms with E-state index in [1.54, 1.807) is 18.2 Å². The molecule has 0 spiro atoms. The first-order chi connectivity index (χ1) is 12.0. The van der Waals surface area contributed by atoms with Gasteiger partial charge in [0.2, 0.25) is 5.91 Å². The number of carbonyl (C=O) groups is 4. The minimum absolute atomic E-state index is 0.254. The molecule has 1 aromatic carbocycles. The van der Waals surface area contributed by atoms with Crippen LogP contribution in [0.4, 0.5) is 11.4 Å². The first-order valence-corrected chi connectivity index (χ1v) is 8.07. The standard InChI is InChI=1S/C18H25N3O5/c1-10(17(25)26-6)19-15(23)16(24)21-14-9-12(20-11(2)22)7-8-13(14)18(3,4)5/h7-10H,1-6H3,(H,19,23)(H,20,22)(H,21,24). The van der Waals surface area contributed by atoms with E-state index in [1.165, 1.54) is 21.0 Å². The number of ether oxygens (including phenoxy) is 1. The number of methoxy groups -OCH3 is 1. The molecule has 142 valence electrons. The van der Waals surface area contributed by atoms with E-state index in [1.807, 2.05) is 20.8 Å². The highest BCUT2D eigenvalue weighted by molar-refractivity contribution is 6.40. The first kappa shape index (κ1) is 21.1. The lowest BCUT2D eigenvalue weighted by Gasteiger charge is -2.24. The summed E-state index contributed by atoms with van der Waals surface area (Å²) >= 11 is 0. The van der Waals surface area contributed by atoms with E-state index < -0.39 is 23.8 Å². The quantitative estimate of drug-likeness (QED) is 0.555. The number of hydrogen-bond donors (Lipinski definition) is 3. The van der Waals surface area contributed by atoms with Gasteiger partial charge in [-0.2, -0.15) is 0 Å². The molecule has 3 N–H and O–H groups in total. The smallest absolute Gasteiger partial charge is 0.328 e. The van der Waals surface area contributed by atoms with Crippen molar-refractivity contribution in [3.05, 3.63) is 23.8 Å². The van der Waals surface area contributed by atoms with Crippen molar-refractivity contribution in [2.45, 2.75) is 46.1 Å². The summed E-state index contributed by atoms with van der Waals surface area (Å²) in [6, 6.07) is 4.12. The normalized spacial score (nSPS) is 11.9. The van der Waals surface area contributed by atoms with Gasteiger partial charge in [0.05, 0.1) is 7.11 Å². The van der Waals surface area contributed by atoms with E-state index in [-0.39, 0.29) is 11.3 Å². The van der Waals surface area contributed by atoms with Crippen LogP contribution >= 0.6 is 0 Å². The summed E-state index contributed by atoms with van der Waals surface area (Å²) in [6.07, 6.45) is 0. The number of carbonyl (C=O) groups excluding carboxylic acids is 4. The van der Waals surface area contributed by atoms with Gasteiger partial charge in [-0.25, -0.2) is 4.79 Å². The fraction of sp³-hybridized carbons (Fsp3) is 0.444. The summed E-state index contributed by atoms with van der Waals surface area (Å²) in [5, 5.41) is 7.43. The third-order valence-electron chi connectivity index (χ3n) is 3.50. The molecule has 3 amide bonds. The lowest BCUT2D eigenvalue weighted by molar-refractivity contribution is -0.145. The molecule has 8 nitrogen and oxygen atoms in total. The van der Waals surface area contributed by atoms with Crippen LogP contribution in [0.3, 0.4) is 0 Å². The Morgan fingerprint density at radius 1 is 1.04 bits per heavy atom. The van der Waals surface area contributed by atoms with E-state index in [4.69, 9.17) is 0 Å². The molecule has 1 rings (SSSR count). The van der Waals surface area contributed by atoms with Crippen LogP contribution in [0.5, 0.6) is 0 Å². The molecule has 26 heavy (non-hydrogen) atoms. The monoisotopic (exact) mass is 363 g/mol. The highest BCUT2D eigenvalue weighted by Gasteiger charge is 2.24. The van der Waals surface area contributed by atoms with Gasteiger partial charge >= 0.3 is 17.8 Å². The molecule has 0 fully saturated rings. The largest absolute Gasteiger partial charge is 0.467 e. The molecule has 0 saturated heterocycles. The third-order valence-corrected chi connectivity index (χ3v) is 3.50. The highest BCUT2D eigenvalue weighted by atomic mass is 16.5. The molecule has 1 atom stereocenters. The molecule has 0 aromatic heterocycles. The molecule has 8 heteroatoms. The molecule has 0 aliphatic rings. The summed E-state index contributed by atoms with van der Waals surface area (Å²) in [5.41, 5.74) is 1.36. The van der Waals surface area contributed by atoms with Gasteiger partial charge in [0.1, 0.15) is 6.04 Å². The summed E-state index contributed by atoms with van der Waals surface area (Å²) in [5.74, 6) is -2.80. The number of anilines is 2. The average molecular weight is 363 g/mol. The predicted octanol–water partition coefficient (Wildman–Crippen LogP) is 1.56. The van der Waals surface area contributed by atoms with E-state index >= 15 is 0 Å². The second-order valence-electron chi connectivity index (χ2n) is 6.86. The van der Waals surface area contributed by atoms with Crippen LogP contribution in [-0.2, 0) is 29.3 Å². The molecule has 0 heterocycles. The fourth-order valence-electron chi connectivity index (χ4n) is 2.26. The second-order valence-corrected chi connectivity index (χ2v) is 6.86. The van der Waals surface area contributed by atoms with Gasteiger partial charge in [-0.15, -0.1) is 0 Å². The maximum Gasteiger partial charge on any atom is 0.328 e. The van der Waals surface area contributed by atoms with Crippen LogP contribution in [0.1, 0.15) is 40.2 Å². The van der Waals surface area contributed by atoms with Crippen molar-refractivity contribution in [3.63, 3.8) is 0 Å². The minimum atomic E-state index is -0.965. The van der Waals surface area contributed by atoms with Gasteiger partial charge in [0.25, 0.3) is 0 Å². The summed E-state index contributed by atoms with van der Waals surface area (Å²) in [6.45, 7) is 8.65. The average Bonchev–Trinajstić information content (AvgIpc) is 2.52. The minimum Gasteiger partial charge on any atom is -0.467 e. The lowest BCUT2D eigenvalue weighted by Crippen LogP contribution is -2.44. The van der Waals surface area contributed by atoms with Gasteiger partial charge in [0.15, 0.2) is 0 Å². The number of esters is 1. The Kier molecular flexibility index (Phi) is 6.88. The number of hydrogen-bond acceptors (Lipinski definition) is 5. The molecular weight excluding hydrogens is 338 g/mol. The van der Waals surface area contributed by atoms with Crippen LogP contribution in [0, 0.1) is 0 Å². The Morgan fingerprint density at radius 3 is 2.15 bits per heavy atom. The van der Waals surface area contributed by atoms with Gasteiger partial charge in [-0.1, -0.05) is 26.8 Å². The van der Waals surface area contributed by atoms with E-state index in [2.05, 4.69) is 20.7 Å². The molecule has 0 saturated carbocycles. The molecule has 1 aromatic rings. The Bertz CT molecular complexity index is 722. The van der Waals surface area contributed by atoms with Gasteiger partial charge < -0.3 is 20.7 Å². The van der Waals surface area contributed by atoms with Gasteiger partial charge in [-0.05, 0) is 30.0 Å². The molecule has 0 aliphatic heterocycles. The molecule has 0 radical (unpaired) electrons. The Labute approximate surface area is 152 Å². The summed E-state index contributed by atoms with van der Waals surface area (Å²) < 4.78 is 4.50. The van der Waals surface area contributed by atoms with Crippen molar-refractivity contribution >= 4 is 35.1 Å². The topological polar surface area (TPSA) is 114 Å². The Hall–Kier alpha value is -2.90. The molecular formula is C18H25N3O5.